The molecule has 0 bridgehead atoms. The molecule has 0 saturated carbocycles. The fraction of sp³-hybridized carbons (Fsp3) is 0.417. The van der Waals surface area contributed by atoms with E-state index in [0.29, 0.717) is 12.1 Å². The topological polar surface area (TPSA) is 60.4 Å². The van der Waals surface area contributed by atoms with Gasteiger partial charge in [0.15, 0.2) is 5.96 Å². The molecule has 1 heterocycles. The highest BCUT2D eigenvalue weighted by Crippen LogP contribution is 2.28. The number of benzene rings is 2. The number of rotatable bonds is 6. The molecule has 8 heteroatoms. The Morgan fingerprint density at radius 2 is 1.72 bits per heavy atom. The fourth-order valence-corrected chi connectivity index (χ4v) is 3.65. The number of nitrogens with zero attached hydrogens (tertiary/aromatic N) is 4. The van der Waals surface area contributed by atoms with E-state index in [-0.39, 0.29) is 29.9 Å². The zero-order valence-electron chi connectivity index (χ0n) is 19.4. The Balaban J connectivity index is 0.00000363. The van der Waals surface area contributed by atoms with E-state index in [9.17, 15) is 4.79 Å². The monoisotopic (exact) mass is 551 g/mol. The highest BCUT2D eigenvalue weighted by atomic mass is 127. The fourth-order valence-electron chi connectivity index (χ4n) is 3.65. The summed E-state index contributed by atoms with van der Waals surface area (Å²) in [5.41, 5.74) is 2.91. The van der Waals surface area contributed by atoms with E-state index < -0.39 is 0 Å². The first-order valence-electron chi connectivity index (χ1n) is 10.7. The Labute approximate surface area is 208 Å². The van der Waals surface area contributed by atoms with Crippen molar-refractivity contribution in [2.24, 2.45) is 4.99 Å². The Hall–Kier alpha value is -2.49. The van der Waals surface area contributed by atoms with Crippen LogP contribution >= 0.6 is 24.0 Å². The molecule has 1 fully saturated rings. The van der Waals surface area contributed by atoms with Gasteiger partial charge >= 0.3 is 0 Å². The number of methoxy groups -OCH3 is 1. The van der Waals surface area contributed by atoms with Crippen LogP contribution in [-0.2, 0) is 6.54 Å². The van der Waals surface area contributed by atoms with E-state index >= 15 is 0 Å². The summed E-state index contributed by atoms with van der Waals surface area (Å²) in [6, 6.07) is 15.8. The number of para-hydroxylation sites is 2. The summed E-state index contributed by atoms with van der Waals surface area (Å²) in [6.07, 6.45) is 0. The third-order valence-electron chi connectivity index (χ3n) is 5.36. The van der Waals surface area contributed by atoms with Crippen molar-refractivity contribution >= 4 is 41.5 Å². The van der Waals surface area contributed by atoms with Gasteiger partial charge in [-0.25, -0.2) is 4.99 Å². The first-order chi connectivity index (χ1) is 15.0. The van der Waals surface area contributed by atoms with E-state index in [1.54, 1.807) is 26.1 Å². The minimum absolute atomic E-state index is 0. The predicted molar refractivity (Wildman–Crippen MR) is 141 cm³/mol. The number of hydrogen-bond donors (Lipinski definition) is 1. The van der Waals surface area contributed by atoms with Crippen LogP contribution in [0.25, 0.3) is 0 Å². The largest absolute Gasteiger partial charge is 0.495 e. The molecule has 0 spiro atoms. The lowest BCUT2D eigenvalue weighted by Crippen LogP contribution is -2.52. The van der Waals surface area contributed by atoms with Crippen molar-refractivity contribution < 1.29 is 9.53 Å². The van der Waals surface area contributed by atoms with Gasteiger partial charge in [-0.15, -0.1) is 24.0 Å². The smallest absolute Gasteiger partial charge is 0.253 e. The summed E-state index contributed by atoms with van der Waals surface area (Å²) in [6.45, 7) is 7.08. The number of aliphatic imine (C=N–C) groups is 1. The van der Waals surface area contributed by atoms with E-state index in [2.05, 4.69) is 28.1 Å². The molecule has 2 aromatic rings. The average Bonchev–Trinajstić information content (AvgIpc) is 2.81. The maximum absolute atomic E-state index is 12.1. The van der Waals surface area contributed by atoms with Gasteiger partial charge in [-0.3, -0.25) is 4.79 Å². The Bertz CT molecular complexity index is 894. The molecule has 1 aliphatic rings. The number of piperazine rings is 1. The van der Waals surface area contributed by atoms with Crippen molar-refractivity contribution in [1.29, 1.82) is 0 Å². The van der Waals surface area contributed by atoms with Crippen LogP contribution in [0, 0.1) is 0 Å². The lowest BCUT2D eigenvalue weighted by atomic mass is 10.1. The number of carbonyl (C=O) groups excluding carboxylic acids is 1. The molecule has 2 aromatic carbocycles. The Kier molecular flexibility index (Phi) is 10.1. The number of anilines is 1. The number of nitrogens with one attached hydrogen (secondary N) is 1. The third kappa shape index (κ3) is 6.51. The van der Waals surface area contributed by atoms with Gasteiger partial charge in [-0.05, 0) is 36.8 Å². The molecule has 1 N–H and O–H groups in total. The second kappa shape index (κ2) is 12.5. The molecular weight excluding hydrogens is 517 g/mol. The lowest BCUT2D eigenvalue weighted by molar-refractivity contribution is 0.0827. The van der Waals surface area contributed by atoms with Crippen molar-refractivity contribution in [3.63, 3.8) is 0 Å². The summed E-state index contributed by atoms with van der Waals surface area (Å²) in [5.74, 6) is 1.85. The Morgan fingerprint density at radius 1 is 1.06 bits per heavy atom. The lowest BCUT2D eigenvalue weighted by Gasteiger charge is -2.38. The molecule has 1 amide bonds. The number of halogens is 1. The first kappa shape index (κ1) is 25.8. The summed E-state index contributed by atoms with van der Waals surface area (Å²) in [5, 5.41) is 3.42. The van der Waals surface area contributed by atoms with Crippen LogP contribution < -0.4 is 15.0 Å². The van der Waals surface area contributed by atoms with Crippen molar-refractivity contribution in [3.8, 4) is 5.75 Å². The average molecular weight is 551 g/mol. The van der Waals surface area contributed by atoms with Gasteiger partial charge in [0, 0.05) is 52.4 Å². The molecule has 174 valence electrons. The van der Waals surface area contributed by atoms with E-state index in [1.807, 2.05) is 42.5 Å². The van der Waals surface area contributed by atoms with Crippen molar-refractivity contribution in [1.82, 2.24) is 15.1 Å². The van der Waals surface area contributed by atoms with Gasteiger partial charge in [-0.2, -0.15) is 0 Å². The van der Waals surface area contributed by atoms with E-state index in [1.165, 1.54) is 0 Å². The zero-order chi connectivity index (χ0) is 22.2. The molecule has 0 atom stereocenters. The standard InChI is InChI=1S/C24H33N5O2.HI/c1-5-25-24(26-18-19-10-12-20(13-11-19)23(30)27(2)3)29-16-14-28(15-17-29)21-8-6-7-9-22(21)31-4;/h6-13H,5,14-18H2,1-4H3,(H,25,26);1H. The number of amides is 1. The molecule has 32 heavy (non-hydrogen) atoms. The number of guanidine groups is 1. The van der Waals surface area contributed by atoms with Gasteiger partial charge in [0.25, 0.3) is 5.91 Å². The molecule has 0 aliphatic carbocycles. The maximum atomic E-state index is 12.1. The molecule has 7 nitrogen and oxygen atoms in total. The second-order valence-corrected chi connectivity index (χ2v) is 7.71. The van der Waals surface area contributed by atoms with Crippen molar-refractivity contribution in [3.05, 3.63) is 59.7 Å². The van der Waals surface area contributed by atoms with Crippen LogP contribution in [0.5, 0.6) is 5.75 Å². The first-order valence-corrected chi connectivity index (χ1v) is 10.7. The molecule has 0 aromatic heterocycles. The molecule has 0 radical (unpaired) electrons. The molecule has 1 saturated heterocycles. The van der Waals surface area contributed by atoms with Crippen molar-refractivity contribution in [2.75, 3.05) is 58.8 Å². The van der Waals surface area contributed by atoms with E-state index in [4.69, 9.17) is 9.73 Å². The number of hydrogen-bond acceptors (Lipinski definition) is 4. The van der Waals surface area contributed by atoms with Gasteiger partial charge in [0.05, 0.1) is 19.3 Å². The highest BCUT2D eigenvalue weighted by molar-refractivity contribution is 14.0. The minimum Gasteiger partial charge on any atom is -0.495 e. The zero-order valence-corrected chi connectivity index (χ0v) is 21.7. The van der Waals surface area contributed by atoms with Crippen LogP contribution in [0.4, 0.5) is 5.69 Å². The Morgan fingerprint density at radius 3 is 2.31 bits per heavy atom. The SMILES string of the molecule is CCNC(=NCc1ccc(C(=O)N(C)C)cc1)N1CCN(c2ccccc2OC)CC1.I. The molecule has 0 unspecified atom stereocenters. The van der Waals surface area contributed by atoms with Crippen molar-refractivity contribution in [2.45, 2.75) is 13.5 Å². The van der Waals surface area contributed by atoms with Gasteiger partial charge < -0.3 is 24.8 Å². The summed E-state index contributed by atoms with van der Waals surface area (Å²) < 4.78 is 5.52. The molecular formula is C24H34IN5O2. The van der Waals surface area contributed by atoms with Gasteiger partial charge in [0.1, 0.15) is 5.75 Å². The van der Waals surface area contributed by atoms with Crippen LogP contribution in [0.1, 0.15) is 22.8 Å². The maximum Gasteiger partial charge on any atom is 0.253 e. The van der Waals surface area contributed by atoms with Crippen LogP contribution in [-0.4, -0.2) is 75.6 Å². The molecule has 3 rings (SSSR count). The highest BCUT2D eigenvalue weighted by Gasteiger charge is 2.21. The second-order valence-electron chi connectivity index (χ2n) is 7.71. The van der Waals surface area contributed by atoms with Crippen LogP contribution in [0.15, 0.2) is 53.5 Å². The quantitative estimate of drug-likeness (QED) is 0.339. The number of carbonyl (C=O) groups is 1. The van der Waals surface area contributed by atoms with Gasteiger partial charge in [-0.1, -0.05) is 24.3 Å². The molecule has 1 aliphatic heterocycles. The summed E-state index contributed by atoms with van der Waals surface area (Å²) in [4.78, 5) is 23.1. The normalized spacial score (nSPS) is 13.9. The van der Waals surface area contributed by atoms with Crippen LogP contribution in [0.3, 0.4) is 0 Å². The van der Waals surface area contributed by atoms with Gasteiger partial charge in [0.2, 0.25) is 0 Å². The minimum atomic E-state index is 0. The van der Waals surface area contributed by atoms with E-state index in [0.717, 1.165) is 55.7 Å². The summed E-state index contributed by atoms with van der Waals surface area (Å²) >= 11 is 0. The van der Waals surface area contributed by atoms with Crippen LogP contribution in [0.2, 0.25) is 0 Å². The third-order valence-corrected chi connectivity index (χ3v) is 5.36. The summed E-state index contributed by atoms with van der Waals surface area (Å²) in [7, 11) is 5.24. The predicted octanol–water partition coefficient (Wildman–Crippen LogP) is 3.30. The number of ether oxygens (including phenoxy) is 1.